The molecular formula is C12H16N2O4S2. The molecular weight excluding hydrogens is 300 g/mol. The number of aryl methyl sites for hydroxylation is 2. The zero-order valence-electron chi connectivity index (χ0n) is 11.2. The molecule has 0 radical (unpaired) electrons. The molecule has 8 heteroatoms. The lowest BCUT2D eigenvalue weighted by Crippen LogP contribution is -2.26. The molecule has 0 saturated heterocycles. The summed E-state index contributed by atoms with van der Waals surface area (Å²) in [7, 11) is -3.66. The molecule has 0 amide bonds. The molecule has 0 aromatic carbocycles. The van der Waals surface area contributed by atoms with E-state index in [-0.39, 0.29) is 17.2 Å². The lowest BCUT2D eigenvalue weighted by Gasteiger charge is -2.10. The minimum absolute atomic E-state index is 0.0718. The van der Waals surface area contributed by atoms with Gasteiger partial charge in [0.05, 0.1) is 6.10 Å². The van der Waals surface area contributed by atoms with Crippen molar-refractivity contribution in [1.82, 2.24) is 9.88 Å². The van der Waals surface area contributed by atoms with Gasteiger partial charge < -0.3 is 9.63 Å². The first-order valence-corrected chi connectivity index (χ1v) is 8.47. The molecule has 0 aliphatic rings. The van der Waals surface area contributed by atoms with Crippen LogP contribution < -0.4 is 4.72 Å². The van der Waals surface area contributed by atoms with Gasteiger partial charge in [-0.25, -0.2) is 13.1 Å². The summed E-state index contributed by atoms with van der Waals surface area (Å²) in [4.78, 5) is 0.0718. The zero-order chi connectivity index (χ0) is 14.8. The van der Waals surface area contributed by atoms with E-state index in [0.29, 0.717) is 12.1 Å². The van der Waals surface area contributed by atoms with Crippen molar-refractivity contribution in [3.05, 3.63) is 33.8 Å². The molecule has 0 bridgehead atoms. The SMILES string of the molecule is Cc1noc(C)c1S(=O)(=O)NCCC(O)c1ccsc1. The topological polar surface area (TPSA) is 92.4 Å². The number of hydrogen-bond donors (Lipinski definition) is 2. The van der Waals surface area contributed by atoms with Gasteiger partial charge in [-0.1, -0.05) is 5.16 Å². The Labute approximate surface area is 121 Å². The number of nitrogens with one attached hydrogen (secondary N) is 1. The molecule has 2 N–H and O–H groups in total. The largest absolute Gasteiger partial charge is 0.388 e. The first-order chi connectivity index (χ1) is 9.42. The summed E-state index contributed by atoms with van der Waals surface area (Å²) >= 11 is 1.49. The molecule has 2 aromatic heterocycles. The third-order valence-corrected chi connectivity index (χ3v) is 5.28. The van der Waals surface area contributed by atoms with Crippen LogP contribution in [0.1, 0.15) is 29.5 Å². The highest BCUT2D eigenvalue weighted by Crippen LogP contribution is 2.21. The summed E-state index contributed by atoms with van der Waals surface area (Å²) in [5.41, 5.74) is 1.12. The van der Waals surface area contributed by atoms with Gasteiger partial charge in [-0.15, -0.1) is 0 Å². The number of nitrogens with zero attached hydrogens (tertiary/aromatic N) is 1. The van der Waals surface area contributed by atoms with E-state index in [0.717, 1.165) is 5.56 Å². The van der Waals surface area contributed by atoms with Crippen LogP contribution in [0.2, 0.25) is 0 Å². The smallest absolute Gasteiger partial charge is 0.245 e. The highest BCUT2D eigenvalue weighted by molar-refractivity contribution is 7.89. The Morgan fingerprint density at radius 1 is 1.50 bits per heavy atom. The van der Waals surface area contributed by atoms with E-state index in [9.17, 15) is 13.5 Å². The number of thiophene rings is 1. The van der Waals surface area contributed by atoms with Gasteiger partial charge in [0.15, 0.2) is 5.76 Å². The second-order valence-electron chi connectivity index (χ2n) is 4.41. The fraction of sp³-hybridized carbons (Fsp3) is 0.417. The van der Waals surface area contributed by atoms with Crippen LogP contribution in [-0.4, -0.2) is 25.2 Å². The summed E-state index contributed by atoms with van der Waals surface area (Å²) in [6, 6.07) is 1.82. The zero-order valence-corrected chi connectivity index (χ0v) is 12.8. The Hall–Kier alpha value is -1.22. The van der Waals surface area contributed by atoms with Gasteiger partial charge in [0, 0.05) is 6.54 Å². The van der Waals surface area contributed by atoms with Crippen LogP contribution >= 0.6 is 11.3 Å². The Bertz CT molecular complexity index is 642. The van der Waals surface area contributed by atoms with Gasteiger partial charge in [0.1, 0.15) is 10.6 Å². The first-order valence-electron chi connectivity index (χ1n) is 6.04. The Morgan fingerprint density at radius 3 is 2.80 bits per heavy atom. The Morgan fingerprint density at radius 2 is 2.25 bits per heavy atom. The van der Waals surface area contributed by atoms with Crippen molar-refractivity contribution in [3.63, 3.8) is 0 Å². The summed E-state index contributed by atoms with van der Waals surface area (Å²) in [6.45, 7) is 3.27. The van der Waals surface area contributed by atoms with Crippen molar-refractivity contribution in [2.75, 3.05) is 6.54 Å². The van der Waals surface area contributed by atoms with E-state index >= 15 is 0 Å². The minimum Gasteiger partial charge on any atom is -0.388 e. The van der Waals surface area contributed by atoms with E-state index < -0.39 is 16.1 Å². The van der Waals surface area contributed by atoms with Gasteiger partial charge in [0.2, 0.25) is 10.0 Å². The third kappa shape index (κ3) is 3.26. The van der Waals surface area contributed by atoms with Crippen LogP contribution in [0.4, 0.5) is 0 Å². The molecule has 1 unspecified atom stereocenters. The monoisotopic (exact) mass is 316 g/mol. The van der Waals surface area contributed by atoms with Crippen LogP contribution in [0.5, 0.6) is 0 Å². The first kappa shape index (κ1) is 15.2. The molecule has 2 heterocycles. The van der Waals surface area contributed by atoms with Gasteiger partial charge >= 0.3 is 0 Å². The van der Waals surface area contributed by atoms with Crippen LogP contribution in [0.25, 0.3) is 0 Å². The summed E-state index contributed by atoms with van der Waals surface area (Å²) in [5.74, 6) is 0.258. The molecule has 6 nitrogen and oxygen atoms in total. The van der Waals surface area contributed by atoms with Crippen LogP contribution in [0.3, 0.4) is 0 Å². The third-order valence-electron chi connectivity index (χ3n) is 2.87. The van der Waals surface area contributed by atoms with Gasteiger partial charge in [0.25, 0.3) is 0 Å². The molecule has 0 aliphatic heterocycles. The summed E-state index contributed by atoms with van der Waals surface area (Å²) in [6.07, 6.45) is -0.368. The van der Waals surface area contributed by atoms with E-state index in [2.05, 4.69) is 9.88 Å². The number of aliphatic hydroxyl groups is 1. The second-order valence-corrected chi connectivity index (χ2v) is 6.90. The number of hydrogen-bond acceptors (Lipinski definition) is 6. The molecule has 1 atom stereocenters. The van der Waals surface area contributed by atoms with Crippen molar-refractivity contribution in [3.8, 4) is 0 Å². The number of aromatic nitrogens is 1. The summed E-state index contributed by atoms with van der Waals surface area (Å²) < 4.78 is 31.5. The molecule has 0 aliphatic carbocycles. The van der Waals surface area contributed by atoms with Crippen molar-refractivity contribution in [2.24, 2.45) is 0 Å². The fourth-order valence-corrected chi connectivity index (χ4v) is 3.97. The van der Waals surface area contributed by atoms with E-state index in [4.69, 9.17) is 4.52 Å². The minimum atomic E-state index is -3.66. The van der Waals surface area contributed by atoms with Crippen molar-refractivity contribution in [2.45, 2.75) is 31.3 Å². The predicted molar refractivity (Wildman–Crippen MR) is 75.1 cm³/mol. The molecule has 2 rings (SSSR count). The highest BCUT2D eigenvalue weighted by atomic mass is 32.2. The fourth-order valence-electron chi connectivity index (χ4n) is 1.89. The molecule has 20 heavy (non-hydrogen) atoms. The number of sulfonamides is 1. The van der Waals surface area contributed by atoms with Crippen LogP contribution in [-0.2, 0) is 10.0 Å². The maximum Gasteiger partial charge on any atom is 0.245 e. The van der Waals surface area contributed by atoms with E-state index in [1.807, 2.05) is 16.8 Å². The average molecular weight is 316 g/mol. The summed E-state index contributed by atoms with van der Waals surface area (Å²) in [5, 5.41) is 17.2. The maximum absolute atomic E-state index is 12.1. The Balaban J connectivity index is 1.97. The quantitative estimate of drug-likeness (QED) is 0.847. The van der Waals surface area contributed by atoms with E-state index in [1.165, 1.54) is 11.3 Å². The van der Waals surface area contributed by atoms with Crippen molar-refractivity contribution < 1.29 is 18.0 Å². The molecule has 110 valence electrons. The second kappa shape index (κ2) is 6.04. The maximum atomic E-state index is 12.1. The molecule has 2 aromatic rings. The van der Waals surface area contributed by atoms with E-state index in [1.54, 1.807) is 13.8 Å². The van der Waals surface area contributed by atoms with Crippen molar-refractivity contribution in [1.29, 1.82) is 0 Å². The molecule has 0 fully saturated rings. The number of rotatable bonds is 6. The average Bonchev–Trinajstić information content (AvgIpc) is 2.99. The van der Waals surface area contributed by atoms with Crippen LogP contribution in [0.15, 0.2) is 26.2 Å². The standard InChI is InChI=1S/C12H16N2O4S2/c1-8-12(9(2)18-14-8)20(16,17)13-5-3-11(15)10-4-6-19-7-10/h4,6-7,11,13,15H,3,5H2,1-2H3. The van der Waals surface area contributed by atoms with Gasteiger partial charge in [-0.3, -0.25) is 0 Å². The lowest BCUT2D eigenvalue weighted by atomic mass is 10.1. The van der Waals surface area contributed by atoms with Crippen molar-refractivity contribution >= 4 is 21.4 Å². The lowest BCUT2D eigenvalue weighted by molar-refractivity contribution is 0.169. The van der Waals surface area contributed by atoms with Gasteiger partial charge in [-0.2, -0.15) is 11.3 Å². The predicted octanol–water partition coefficient (Wildman–Crippen LogP) is 1.75. The molecule has 0 spiro atoms. The highest BCUT2D eigenvalue weighted by Gasteiger charge is 2.23. The normalized spacial score (nSPS) is 13.6. The van der Waals surface area contributed by atoms with Gasteiger partial charge in [-0.05, 0) is 42.7 Å². The Kier molecular flexibility index (Phi) is 4.59. The number of aliphatic hydroxyl groups excluding tert-OH is 1. The van der Waals surface area contributed by atoms with Crippen LogP contribution in [0, 0.1) is 13.8 Å². The molecule has 0 saturated carbocycles.